The number of likely N-dealkylation sites (tertiary alicyclic amines) is 1. The molecule has 0 bridgehead atoms. The zero-order valence-electron chi connectivity index (χ0n) is 19.7. The van der Waals surface area contributed by atoms with Crippen LogP contribution in [0.3, 0.4) is 0 Å². The number of rotatable bonds is 10. The molecule has 0 radical (unpaired) electrons. The molecule has 2 aliphatic rings. The van der Waals surface area contributed by atoms with Crippen molar-refractivity contribution in [3.05, 3.63) is 35.5 Å². The number of aryl methyl sites for hydroxylation is 2. The van der Waals surface area contributed by atoms with Gasteiger partial charge < -0.3 is 19.5 Å². The summed E-state index contributed by atoms with van der Waals surface area (Å²) in [4.78, 5) is 26.9. The first-order valence-corrected chi connectivity index (χ1v) is 12.2. The summed E-state index contributed by atoms with van der Waals surface area (Å²) < 4.78 is 7.29. The number of aromatic nitrogens is 1. The van der Waals surface area contributed by atoms with Crippen LogP contribution in [0.4, 0.5) is 0 Å². The van der Waals surface area contributed by atoms with Crippen molar-refractivity contribution in [2.75, 3.05) is 19.7 Å². The first kappa shape index (κ1) is 23.3. The van der Waals surface area contributed by atoms with Crippen molar-refractivity contribution in [2.24, 2.45) is 0 Å². The van der Waals surface area contributed by atoms with Gasteiger partial charge in [0.05, 0.1) is 24.8 Å². The lowest BCUT2D eigenvalue weighted by Crippen LogP contribution is -2.43. The maximum absolute atomic E-state index is 13.2. The summed E-state index contributed by atoms with van der Waals surface area (Å²) in [6, 6.07) is 10.6. The number of amides is 1. The zero-order chi connectivity index (χ0) is 23.4. The van der Waals surface area contributed by atoms with Gasteiger partial charge in [-0.25, -0.2) is 0 Å². The number of fused-ring (bicyclic) bond motifs is 1. The molecule has 1 aliphatic carbocycles. The number of carbonyl (C=O) groups excluding carboxylic acids is 2. The number of nitrogens with zero attached hydrogens (tertiary/aromatic N) is 3. The van der Waals surface area contributed by atoms with Crippen LogP contribution in [0.5, 0.6) is 0 Å². The molecule has 4 rings (SSSR count). The van der Waals surface area contributed by atoms with E-state index in [1.165, 1.54) is 5.69 Å². The molecule has 2 aromatic rings. The largest absolute Gasteiger partial charge is 0.465 e. The van der Waals surface area contributed by atoms with E-state index in [1.54, 1.807) is 6.92 Å². The number of esters is 1. The second kappa shape index (κ2) is 9.96. The number of ether oxygens (including phenoxy) is 1. The molecule has 1 aromatic carbocycles. The van der Waals surface area contributed by atoms with Crippen molar-refractivity contribution < 1.29 is 14.3 Å². The molecule has 1 amide bonds. The highest BCUT2D eigenvalue weighted by Crippen LogP contribution is 2.40. The van der Waals surface area contributed by atoms with Gasteiger partial charge in [-0.15, -0.1) is 0 Å². The molecule has 1 atom stereocenters. The fourth-order valence-electron chi connectivity index (χ4n) is 5.17. The summed E-state index contributed by atoms with van der Waals surface area (Å²) in [6.07, 6.45) is 6.24. The Morgan fingerprint density at radius 1 is 1.27 bits per heavy atom. The van der Waals surface area contributed by atoms with Crippen molar-refractivity contribution in [2.45, 2.75) is 76.9 Å². The van der Waals surface area contributed by atoms with E-state index in [0.717, 1.165) is 62.5 Å². The molecule has 7 heteroatoms. The van der Waals surface area contributed by atoms with Gasteiger partial charge in [0.1, 0.15) is 0 Å². The van der Waals surface area contributed by atoms with Gasteiger partial charge in [-0.05, 0) is 76.0 Å². The standard InChI is InChI=1S/C26H34N4O3/c1-3-29-22(15-20-8-7-19(17-27)14-23(20)29)10-9-21-6-5-13-30(21)24(31)16-26(11-12-26)28-18-25(32)33-4-2/h7-8,14-15,21,28H,3-6,9-13,16,18H2,1-2H3. The van der Waals surface area contributed by atoms with Gasteiger partial charge in [-0.2, -0.15) is 5.26 Å². The fourth-order valence-corrected chi connectivity index (χ4v) is 5.17. The SMILES string of the molecule is CCOC(=O)CNC1(CC(=O)N2CCCC2CCc2cc3ccc(C#N)cc3n2CC)CC1. The van der Waals surface area contributed by atoms with E-state index in [0.29, 0.717) is 18.6 Å². The second-order valence-corrected chi connectivity index (χ2v) is 9.30. The third-order valence-corrected chi connectivity index (χ3v) is 7.12. The summed E-state index contributed by atoms with van der Waals surface area (Å²) in [5, 5.41) is 13.7. The minimum Gasteiger partial charge on any atom is -0.465 e. The molecule has 2 fully saturated rings. The van der Waals surface area contributed by atoms with Gasteiger partial charge in [-0.1, -0.05) is 6.07 Å². The highest BCUT2D eigenvalue weighted by Gasteiger charge is 2.46. The molecular formula is C26H34N4O3. The molecule has 1 N–H and O–H groups in total. The molecule has 1 unspecified atom stereocenters. The van der Waals surface area contributed by atoms with Crippen molar-refractivity contribution >= 4 is 22.8 Å². The van der Waals surface area contributed by atoms with E-state index in [2.05, 4.69) is 33.8 Å². The zero-order valence-corrected chi connectivity index (χ0v) is 19.7. The Labute approximate surface area is 195 Å². The van der Waals surface area contributed by atoms with Crippen LogP contribution in [-0.4, -0.2) is 52.6 Å². The van der Waals surface area contributed by atoms with E-state index < -0.39 is 0 Å². The van der Waals surface area contributed by atoms with Gasteiger partial charge in [-0.3, -0.25) is 9.59 Å². The molecule has 2 heterocycles. The van der Waals surface area contributed by atoms with Crippen molar-refractivity contribution in [3.63, 3.8) is 0 Å². The molecule has 33 heavy (non-hydrogen) atoms. The summed E-state index contributed by atoms with van der Waals surface area (Å²) in [5.74, 6) is -0.0652. The van der Waals surface area contributed by atoms with Crippen LogP contribution in [0.2, 0.25) is 0 Å². The predicted molar refractivity (Wildman–Crippen MR) is 127 cm³/mol. The maximum Gasteiger partial charge on any atom is 0.319 e. The van der Waals surface area contributed by atoms with E-state index in [1.807, 2.05) is 18.2 Å². The lowest BCUT2D eigenvalue weighted by Gasteiger charge is -2.27. The highest BCUT2D eigenvalue weighted by molar-refractivity contribution is 5.83. The van der Waals surface area contributed by atoms with Crippen LogP contribution in [0.15, 0.2) is 24.3 Å². The Bertz CT molecular complexity index is 1060. The molecule has 7 nitrogen and oxygen atoms in total. The number of hydrogen-bond acceptors (Lipinski definition) is 5. The average molecular weight is 451 g/mol. The molecule has 1 saturated carbocycles. The molecule has 1 aliphatic heterocycles. The Hall–Kier alpha value is -2.85. The highest BCUT2D eigenvalue weighted by atomic mass is 16.5. The minimum absolute atomic E-state index is 0.166. The van der Waals surface area contributed by atoms with Crippen LogP contribution in [-0.2, 0) is 27.3 Å². The quantitative estimate of drug-likeness (QED) is 0.560. The Morgan fingerprint density at radius 3 is 2.79 bits per heavy atom. The lowest BCUT2D eigenvalue weighted by molar-refractivity contribution is -0.142. The third kappa shape index (κ3) is 5.22. The minimum atomic E-state index is -0.261. The molecule has 1 aromatic heterocycles. The number of benzene rings is 1. The van der Waals surface area contributed by atoms with Crippen molar-refractivity contribution in [1.29, 1.82) is 5.26 Å². The van der Waals surface area contributed by atoms with Crippen LogP contribution < -0.4 is 5.32 Å². The first-order chi connectivity index (χ1) is 16.0. The van der Waals surface area contributed by atoms with Gasteiger partial charge in [0.15, 0.2) is 0 Å². The summed E-state index contributed by atoms with van der Waals surface area (Å²) in [5.41, 5.74) is 2.82. The number of carbonyl (C=O) groups is 2. The van der Waals surface area contributed by atoms with Gasteiger partial charge in [0.25, 0.3) is 0 Å². The predicted octanol–water partition coefficient (Wildman–Crippen LogP) is 3.53. The Balaban J connectivity index is 1.37. The molecule has 0 spiro atoms. The molecule has 1 saturated heterocycles. The van der Waals surface area contributed by atoms with Crippen LogP contribution >= 0.6 is 0 Å². The van der Waals surface area contributed by atoms with Crippen molar-refractivity contribution in [1.82, 2.24) is 14.8 Å². The smallest absolute Gasteiger partial charge is 0.319 e. The van der Waals surface area contributed by atoms with Crippen molar-refractivity contribution in [3.8, 4) is 6.07 Å². The third-order valence-electron chi connectivity index (χ3n) is 7.12. The van der Waals surface area contributed by atoms with E-state index in [-0.39, 0.29) is 30.0 Å². The number of nitriles is 1. The van der Waals surface area contributed by atoms with Crippen LogP contribution in [0.25, 0.3) is 10.9 Å². The molecule has 176 valence electrons. The summed E-state index contributed by atoms with van der Waals surface area (Å²) >= 11 is 0. The monoisotopic (exact) mass is 450 g/mol. The topological polar surface area (TPSA) is 87.4 Å². The second-order valence-electron chi connectivity index (χ2n) is 9.30. The Kier molecular flexibility index (Phi) is 7.04. The number of nitrogens with one attached hydrogen (secondary N) is 1. The van der Waals surface area contributed by atoms with Gasteiger partial charge in [0, 0.05) is 42.3 Å². The first-order valence-electron chi connectivity index (χ1n) is 12.2. The van der Waals surface area contributed by atoms with E-state index in [9.17, 15) is 14.9 Å². The van der Waals surface area contributed by atoms with Crippen LogP contribution in [0, 0.1) is 11.3 Å². The normalized spacial score (nSPS) is 18.9. The average Bonchev–Trinajstić information content (AvgIpc) is 3.26. The molecular weight excluding hydrogens is 416 g/mol. The van der Waals surface area contributed by atoms with E-state index in [4.69, 9.17) is 4.74 Å². The number of hydrogen-bond donors (Lipinski definition) is 1. The Morgan fingerprint density at radius 2 is 2.09 bits per heavy atom. The summed E-state index contributed by atoms with van der Waals surface area (Å²) in [7, 11) is 0. The maximum atomic E-state index is 13.2. The fraction of sp³-hybridized carbons (Fsp3) is 0.577. The van der Waals surface area contributed by atoms with Crippen LogP contribution in [0.1, 0.15) is 63.6 Å². The lowest BCUT2D eigenvalue weighted by atomic mass is 10.1. The van der Waals surface area contributed by atoms with Gasteiger partial charge >= 0.3 is 5.97 Å². The van der Waals surface area contributed by atoms with Gasteiger partial charge in [0.2, 0.25) is 5.91 Å². The summed E-state index contributed by atoms with van der Waals surface area (Å²) in [6.45, 7) is 6.14. The van der Waals surface area contributed by atoms with E-state index >= 15 is 0 Å².